The Bertz CT molecular complexity index is 664. The number of carbonyl (C=O) groups is 2. The van der Waals surface area contributed by atoms with Crippen LogP contribution in [0.3, 0.4) is 0 Å². The van der Waals surface area contributed by atoms with E-state index in [9.17, 15) is 14.7 Å². The SMILES string of the molecule is CCCCc1nc(C(=O)O)cc(N2CCC(NC(=O)OC(C)(C)C)CC2)n1. The van der Waals surface area contributed by atoms with Crippen molar-refractivity contribution in [2.45, 2.75) is 71.4 Å². The number of nitrogens with one attached hydrogen (secondary N) is 1. The van der Waals surface area contributed by atoms with Gasteiger partial charge in [-0.1, -0.05) is 13.3 Å². The van der Waals surface area contributed by atoms with E-state index in [1.165, 1.54) is 6.07 Å². The Morgan fingerprint density at radius 1 is 1.30 bits per heavy atom. The summed E-state index contributed by atoms with van der Waals surface area (Å²) in [6, 6.07) is 1.57. The first-order valence-electron chi connectivity index (χ1n) is 9.53. The third-order valence-corrected chi connectivity index (χ3v) is 4.27. The van der Waals surface area contributed by atoms with Gasteiger partial charge in [-0.3, -0.25) is 0 Å². The van der Waals surface area contributed by atoms with Crippen molar-refractivity contribution >= 4 is 17.9 Å². The van der Waals surface area contributed by atoms with Gasteiger partial charge < -0.3 is 20.1 Å². The van der Waals surface area contributed by atoms with Crippen LogP contribution in [0.25, 0.3) is 0 Å². The highest BCUT2D eigenvalue weighted by atomic mass is 16.6. The van der Waals surface area contributed by atoms with E-state index < -0.39 is 17.7 Å². The van der Waals surface area contributed by atoms with Gasteiger partial charge in [0.05, 0.1) is 0 Å². The molecule has 0 atom stereocenters. The summed E-state index contributed by atoms with van der Waals surface area (Å²) < 4.78 is 5.30. The van der Waals surface area contributed by atoms with Crippen molar-refractivity contribution in [3.05, 3.63) is 17.6 Å². The smallest absolute Gasteiger partial charge is 0.407 e. The molecule has 1 amide bonds. The summed E-state index contributed by atoms with van der Waals surface area (Å²) in [5, 5.41) is 12.2. The molecule has 8 heteroatoms. The molecule has 1 aromatic rings. The van der Waals surface area contributed by atoms with Crippen molar-refractivity contribution in [3.63, 3.8) is 0 Å². The molecule has 1 saturated heterocycles. The molecule has 0 saturated carbocycles. The van der Waals surface area contributed by atoms with E-state index in [2.05, 4.69) is 27.1 Å². The van der Waals surface area contributed by atoms with Crippen LogP contribution >= 0.6 is 0 Å². The van der Waals surface area contributed by atoms with Gasteiger partial charge in [-0.15, -0.1) is 0 Å². The number of anilines is 1. The van der Waals surface area contributed by atoms with Gasteiger partial charge in [-0.25, -0.2) is 19.6 Å². The lowest BCUT2D eigenvalue weighted by Gasteiger charge is -2.33. The van der Waals surface area contributed by atoms with Crippen molar-refractivity contribution in [2.24, 2.45) is 0 Å². The fraction of sp³-hybridized carbons (Fsp3) is 0.684. The lowest BCUT2D eigenvalue weighted by atomic mass is 10.1. The Morgan fingerprint density at radius 3 is 2.52 bits per heavy atom. The highest BCUT2D eigenvalue weighted by molar-refractivity contribution is 5.86. The Balaban J connectivity index is 1.99. The first kappa shape index (κ1) is 20.9. The van der Waals surface area contributed by atoms with Gasteiger partial charge in [0.2, 0.25) is 0 Å². The number of aryl methyl sites for hydroxylation is 1. The van der Waals surface area contributed by atoms with Crippen LogP contribution < -0.4 is 10.2 Å². The Kier molecular flexibility index (Phi) is 6.98. The van der Waals surface area contributed by atoms with Crippen molar-refractivity contribution in [1.29, 1.82) is 0 Å². The van der Waals surface area contributed by atoms with Crippen LogP contribution in [-0.2, 0) is 11.2 Å². The summed E-state index contributed by atoms with van der Waals surface area (Å²) in [5.41, 5.74) is -0.492. The van der Waals surface area contributed by atoms with E-state index in [0.717, 1.165) is 25.7 Å². The van der Waals surface area contributed by atoms with Crippen LogP contribution in [0.1, 0.15) is 69.7 Å². The van der Waals surface area contributed by atoms with E-state index in [4.69, 9.17) is 4.74 Å². The van der Waals surface area contributed by atoms with Crippen LogP contribution in [0.15, 0.2) is 6.07 Å². The minimum absolute atomic E-state index is 0.0279. The lowest BCUT2D eigenvalue weighted by Crippen LogP contribution is -2.46. The molecule has 1 aliphatic rings. The number of aromatic carboxylic acids is 1. The predicted molar refractivity (Wildman–Crippen MR) is 102 cm³/mol. The molecule has 2 heterocycles. The Hall–Kier alpha value is -2.38. The van der Waals surface area contributed by atoms with Crippen LogP contribution in [-0.4, -0.2) is 51.9 Å². The molecule has 1 aliphatic heterocycles. The average molecular weight is 378 g/mol. The normalized spacial score (nSPS) is 15.5. The zero-order chi connectivity index (χ0) is 20.0. The molecular weight excluding hydrogens is 348 g/mol. The van der Waals surface area contributed by atoms with E-state index in [0.29, 0.717) is 31.2 Å². The number of amides is 1. The molecule has 1 fully saturated rings. The molecule has 1 aromatic heterocycles. The third kappa shape index (κ3) is 6.69. The van der Waals surface area contributed by atoms with E-state index >= 15 is 0 Å². The standard InChI is InChI=1S/C19H30N4O4/c1-5-6-7-15-21-14(17(24)25)12-16(22-15)23-10-8-13(9-11-23)20-18(26)27-19(2,3)4/h12-13H,5-11H2,1-4H3,(H,20,26)(H,24,25). The lowest BCUT2D eigenvalue weighted by molar-refractivity contribution is 0.0496. The zero-order valence-electron chi connectivity index (χ0n) is 16.6. The van der Waals surface area contributed by atoms with Gasteiger partial charge in [-0.2, -0.15) is 0 Å². The molecular formula is C19H30N4O4. The number of carboxylic acid groups (broad SMARTS) is 1. The fourth-order valence-corrected chi connectivity index (χ4v) is 2.93. The summed E-state index contributed by atoms with van der Waals surface area (Å²) in [5.74, 6) is 0.169. The van der Waals surface area contributed by atoms with E-state index in [-0.39, 0.29) is 11.7 Å². The molecule has 0 aromatic carbocycles. The minimum Gasteiger partial charge on any atom is -0.477 e. The third-order valence-electron chi connectivity index (χ3n) is 4.27. The van der Waals surface area contributed by atoms with Gasteiger partial charge in [-0.05, 0) is 40.0 Å². The molecule has 0 spiro atoms. The average Bonchev–Trinajstić information content (AvgIpc) is 2.58. The monoisotopic (exact) mass is 378 g/mol. The van der Waals surface area contributed by atoms with Crippen molar-refractivity contribution in [3.8, 4) is 0 Å². The first-order valence-corrected chi connectivity index (χ1v) is 9.53. The van der Waals surface area contributed by atoms with Crippen LogP contribution in [0.4, 0.5) is 10.6 Å². The highest BCUT2D eigenvalue weighted by Gasteiger charge is 2.25. The maximum absolute atomic E-state index is 11.9. The molecule has 0 aliphatic carbocycles. The number of ether oxygens (including phenoxy) is 1. The summed E-state index contributed by atoms with van der Waals surface area (Å²) in [4.78, 5) is 34.0. The number of carbonyl (C=O) groups excluding carboxylic acids is 1. The molecule has 0 radical (unpaired) electrons. The van der Waals surface area contributed by atoms with Crippen molar-refractivity contribution in [1.82, 2.24) is 15.3 Å². The number of unbranched alkanes of at least 4 members (excludes halogenated alkanes) is 1. The maximum Gasteiger partial charge on any atom is 0.407 e. The summed E-state index contributed by atoms with van der Waals surface area (Å²) in [6.45, 7) is 8.94. The number of hydrogen-bond acceptors (Lipinski definition) is 6. The highest BCUT2D eigenvalue weighted by Crippen LogP contribution is 2.20. The topological polar surface area (TPSA) is 105 Å². The first-order chi connectivity index (χ1) is 12.7. The molecule has 27 heavy (non-hydrogen) atoms. The van der Waals surface area contributed by atoms with Gasteiger partial charge in [0, 0.05) is 31.6 Å². The molecule has 150 valence electrons. The van der Waals surface area contributed by atoms with E-state index in [1.807, 2.05) is 20.8 Å². The van der Waals surface area contributed by atoms with Crippen LogP contribution in [0.5, 0.6) is 0 Å². The van der Waals surface area contributed by atoms with Crippen LogP contribution in [0, 0.1) is 0 Å². The maximum atomic E-state index is 11.9. The zero-order valence-corrected chi connectivity index (χ0v) is 16.6. The van der Waals surface area contributed by atoms with Gasteiger partial charge in [0.1, 0.15) is 17.2 Å². The second-order valence-electron chi connectivity index (χ2n) is 7.84. The molecule has 2 N–H and O–H groups in total. The number of aromatic nitrogens is 2. The summed E-state index contributed by atoms with van der Waals surface area (Å²) in [6.07, 6.45) is 3.67. The number of piperidine rings is 1. The second kappa shape index (κ2) is 9.01. The Labute approximate surface area is 160 Å². The number of carboxylic acids is 1. The quantitative estimate of drug-likeness (QED) is 0.784. The molecule has 0 bridgehead atoms. The van der Waals surface area contributed by atoms with Crippen molar-refractivity contribution in [2.75, 3.05) is 18.0 Å². The molecule has 8 nitrogen and oxygen atoms in total. The number of nitrogens with zero attached hydrogens (tertiary/aromatic N) is 3. The number of rotatable bonds is 6. The van der Waals surface area contributed by atoms with Gasteiger partial charge >= 0.3 is 12.1 Å². The Morgan fingerprint density at radius 2 is 1.96 bits per heavy atom. The number of hydrogen-bond donors (Lipinski definition) is 2. The van der Waals surface area contributed by atoms with Crippen molar-refractivity contribution < 1.29 is 19.4 Å². The largest absolute Gasteiger partial charge is 0.477 e. The predicted octanol–water partition coefficient (Wildman–Crippen LogP) is 3.01. The molecule has 0 unspecified atom stereocenters. The summed E-state index contributed by atoms with van der Waals surface area (Å²) in [7, 11) is 0. The van der Waals surface area contributed by atoms with Crippen LogP contribution in [0.2, 0.25) is 0 Å². The number of alkyl carbamates (subject to hydrolysis) is 1. The second-order valence-corrected chi connectivity index (χ2v) is 7.84. The van der Waals surface area contributed by atoms with Gasteiger partial charge in [0.25, 0.3) is 0 Å². The molecule has 2 rings (SSSR count). The van der Waals surface area contributed by atoms with Gasteiger partial charge in [0.15, 0.2) is 5.69 Å². The summed E-state index contributed by atoms with van der Waals surface area (Å²) >= 11 is 0. The van der Waals surface area contributed by atoms with E-state index in [1.54, 1.807) is 0 Å². The fourth-order valence-electron chi connectivity index (χ4n) is 2.93. The minimum atomic E-state index is -1.04.